The zero-order chi connectivity index (χ0) is 37.3. The first-order chi connectivity index (χ1) is 27.8. The van der Waals surface area contributed by atoms with E-state index in [0.29, 0.717) is 0 Å². The van der Waals surface area contributed by atoms with E-state index >= 15 is 0 Å². The van der Waals surface area contributed by atoms with E-state index in [1.54, 1.807) is 0 Å². The lowest BCUT2D eigenvalue weighted by molar-refractivity contribution is 1.18. The third-order valence-electron chi connectivity index (χ3n) is 10.8. The molecule has 0 unspecified atom stereocenters. The number of hydrogen-bond donors (Lipinski definition) is 0. The van der Waals surface area contributed by atoms with Crippen molar-refractivity contribution in [2.75, 3.05) is 4.90 Å². The number of benzene rings is 9. The number of hydrogen-bond acceptors (Lipinski definition) is 1. The van der Waals surface area contributed by atoms with Crippen LogP contribution in [0.2, 0.25) is 0 Å². The number of nitrogens with zero attached hydrogens (tertiary/aromatic N) is 2. The lowest BCUT2D eigenvalue weighted by atomic mass is 9.94. The van der Waals surface area contributed by atoms with E-state index in [-0.39, 0.29) is 0 Å². The predicted octanol–water partition coefficient (Wildman–Crippen LogP) is 14.9. The zero-order valence-electron chi connectivity index (χ0n) is 30.8. The third kappa shape index (κ3) is 6.04. The van der Waals surface area contributed by atoms with Gasteiger partial charge in [0.1, 0.15) is 0 Å². The van der Waals surface area contributed by atoms with E-state index in [1.165, 1.54) is 55.2 Å². The number of para-hydroxylation sites is 3. The minimum atomic E-state index is 1.09. The fourth-order valence-corrected chi connectivity index (χ4v) is 8.20. The van der Waals surface area contributed by atoms with Crippen molar-refractivity contribution < 1.29 is 0 Å². The van der Waals surface area contributed by atoms with E-state index in [9.17, 15) is 0 Å². The fraction of sp³-hybridized carbons (Fsp3) is 0. The van der Waals surface area contributed by atoms with Crippen molar-refractivity contribution in [2.45, 2.75) is 0 Å². The molecule has 2 heteroatoms. The standard InChI is InChI=1S/C54H38N2/c1-3-17-39(18-4-1)47-25-7-8-26-48(47)41-33-35-44(36-34-41)55(52-30-12-9-27-49(52)40-19-5-2-6-20-40)45-23-15-21-42(37-45)43-22-16-24-46(38-43)56-53-31-13-10-28-50(53)51-29-11-14-32-54(51)56/h1-38H. The van der Waals surface area contributed by atoms with Crippen LogP contribution in [0.25, 0.3) is 72.0 Å². The molecule has 2 nitrogen and oxygen atoms in total. The van der Waals surface area contributed by atoms with Gasteiger partial charge in [0.25, 0.3) is 0 Å². The molecule has 0 amide bonds. The molecule has 0 saturated heterocycles. The maximum atomic E-state index is 2.40. The first kappa shape index (κ1) is 33.2. The predicted molar refractivity (Wildman–Crippen MR) is 237 cm³/mol. The van der Waals surface area contributed by atoms with Gasteiger partial charge in [-0.2, -0.15) is 0 Å². The van der Waals surface area contributed by atoms with Gasteiger partial charge in [-0.25, -0.2) is 0 Å². The monoisotopic (exact) mass is 714 g/mol. The largest absolute Gasteiger partial charge is 0.310 e. The van der Waals surface area contributed by atoms with Gasteiger partial charge in [0.2, 0.25) is 0 Å². The Morgan fingerprint density at radius 3 is 1.39 bits per heavy atom. The molecular formula is C54H38N2. The maximum Gasteiger partial charge on any atom is 0.0541 e. The van der Waals surface area contributed by atoms with Crippen LogP contribution in [0.4, 0.5) is 17.1 Å². The van der Waals surface area contributed by atoms with Gasteiger partial charge in [0, 0.05) is 33.4 Å². The van der Waals surface area contributed by atoms with E-state index in [4.69, 9.17) is 0 Å². The topological polar surface area (TPSA) is 8.17 Å². The molecule has 264 valence electrons. The Kier molecular flexibility index (Phi) is 8.55. The zero-order valence-corrected chi connectivity index (χ0v) is 30.8. The summed E-state index contributed by atoms with van der Waals surface area (Å²) in [4.78, 5) is 2.40. The smallest absolute Gasteiger partial charge is 0.0541 e. The van der Waals surface area contributed by atoms with Crippen LogP contribution in [-0.2, 0) is 0 Å². The third-order valence-corrected chi connectivity index (χ3v) is 10.8. The SMILES string of the molecule is c1ccc(-c2ccccc2-c2ccc(N(c3cccc(-c4cccc(-n5c6ccccc6c6ccccc65)c4)c3)c3ccccc3-c3ccccc3)cc2)cc1. The van der Waals surface area contributed by atoms with Gasteiger partial charge in [-0.05, 0) is 93.5 Å². The quantitative estimate of drug-likeness (QED) is 0.152. The summed E-state index contributed by atoms with van der Waals surface area (Å²) in [6.45, 7) is 0. The van der Waals surface area contributed by atoms with Crippen molar-refractivity contribution >= 4 is 38.9 Å². The van der Waals surface area contributed by atoms with Crippen molar-refractivity contribution in [3.8, 4) is 50.2 Å². The second-order valence-electron chi connectivity index (χ2n) is 14.1. The summed E-state index contributed by atoms with van der Waals surface area (Å²) in [6, 6.07) is 83.0. The molecule has 0 spiro atoms. The Balaban J connectivity index is 1.10. The van der Waals surface area contributed by atoms with Crippen LogP contribution in [-0.4, -0.2) is 4.57 Å². The summed E-state index contributed by atoms with van der Waals surface area (Å²) in [5.41, 5.74) is 16.3. The fourth-order valence-electron chi connectivity index (χ4n) is 8.20. The Bertz CT molecular complexity index is 2910. The number of anilines is 3. The van der Waals surface area contributed by atoms with Crippen molar-refractivity contribution in [3.63, 3.8) is 0 Å². The Morgan fingerprint density at radius 2 is 0.750 bits per heavy atom. The summed E-state index contributed by atoms with van der Waals surface area (Å²) < 4.78 is 2.39. The molecule has 0 radical (unpaired) electrons. The molecular weight excluding hydrogens is 677 g/mol. The Labute approximate surface area is 327 Å². The van der Waals surface area contributed by atoms with E-state index in [2.05, 4.69) is 240 Å². The van der Waals surface area contributed by atoms with Gasteiger partial charge in [-0.1, -0.05) is 176 Å². The molecule has 0 fully saturated rings. The molecule has 1 aromatic heterocycles. The molecule has 9 aromatic carbocycles. The molecule has 0 atom stereocenters. The van der Waals surface area contributed by atoms with Gasteiger partial charge >= 0.3 is 0 Å². The van der Waals surface area contributed by atoms with E-state index in [1.807, 2.05) is 0 Å². The molecule has 10 rings (SSSR count). The summed E-state index contributed by atoms with van der Waals surface area (Å²) in [5.74, 6) is 0. The van der Waals surface area contributed by atoms with Crippen LogP contribution in [0.1, 0.15) is 0 Å². The first-order valence-electron chi connectivity index (χ1n) is 19.2. The number of aromatic nitrogens is 1. The lowest BCUT2D eigenvalue weighted by Crippen LogP contribution is -2.11. The highest BCUT2D eigenvalue weighted by atomic mass is 15.1. The van der Waals surface area contributed by atoms with Crippen LogP contribution >= 0.6 is 0 Å². The van der Waals surface area contributed by atoms with Gasteiger partial charge in [0.15, 0.2) is 0 Å². The van der Waals surface area contributed by atoms with Crippen LogP contribution in [0.15, 0.2) is 231 Å². The summed E-state index contributed by atoms with van der Waals surface area (Å²) >= 11 is 0. The first-order valence-corrected chi connectivity index (χ1v) is 19.2. The minimum Gasteiger partial charge on any atom is -0.310 e. The van der Waals surface area contributed by atoms with Crippen molar-refractivity contribution in [1.29, 1.82) is 0 Å². The van der Waals surface area contributed by atoms with Crippen LogP contribution in [0.3, 0.4) is 0 Å². The second kappa shape index (κ2) is 14.4. The molecule has 0 aliphatic heterocycles. The van der Waals surface area contributed by atoms with Crippen molar-refractivity contribution in [1.82, 2.24) is 4.57 Å². The molecule has 0 bridgehead atoms. The summed E-state index contributed by atoms with van der Waals surface area (Å²) in [5, 5.41) is 2.52. The van der Waals surface area contributed by atoms with E-state index < -0.39 is 0 Å². The molecule has 56 heavy (non-hydrogen) atoms. The van der Waals surface area contributed by atoms with Crippen molar-refractivity contribution in [3.05, 3.63) is 231 Å². The van der Waals surface area contributed by atoms with E-state index in [0.717, 1.165) is 33.9 Å². The van der Waals surface area contributed by atoms with Gasteiger partial charge in [-0.3, -0.25) is 0 Å². The Hall–Kier alpha value is -7.42. The molecule has 10 aromatic rings. The highest BCUT2D eigenvalue weighted by Gasteiger charge is 2.19. The van der Waals surface area contributed by atoms with Crippen molar-refractivity contribution in [2.24, 2.45) is 0 Å². The highest BCUT2D eigenvalue weighted by molar-refractivity contribution is 6.09. The maximum absolute atomic E-state index is 2.40. The lowest BCUT2D eigenvalue weighted by Gasteiger charge is -2.28. The van der Waals surface area contributed by atoms with Gasteiger partial charge < -0.3 is 9.47 Å². The molecule has 1 heterocycles. The van der Waals surface area contributed by atoms with Crippen LogP contribution in [0, 0.1) is 0 Å². The van der Waals surface area contributed by atoms with Crippen LogP contribution in [0.5, 0.6) is 0 Å². The average molecular weight is 715 g/mol. The molecule has 0 N–H and O–H groups in total. The second-order valence-corrected chi connectivity index (χ2v) is 14.1. The Morgan fingerprint density at radius 1 is 0.286 bits per heavy atom. The van der Waals surface area contributed by atoms with Gasteiger partial charge in [-0.15, -0.1) is 0 Å². The highest BCUT2D eigenvalue weighted by Crippen LogP contribution is 2.43. The number of rotatable bonds is 8. The number of fused-ring (bicyclic) bond motifs is 3. The van der Waals surface area contributed by atoms with Gasteiger partial charge in [0.05, 0.1) is 16.7 Å². The molecule has 0 saturated carbocycles. The summed E-state index contributed by atoms with van der Waals surface area (Å²) in [7, 11) is 0. The molecule has 0 aliphatic carbocycles. The normalized spacial score (nSPS) is 11.2. The summed E-state index contributed by atoms with van der Waals surface area (Å²) in [6.07, 6.45) is 0. The average Bonchev–Trinajstić information content (AvgIpc) is 3.62. The minimum absolute atomic E-state index is 1.09. The molecule has 0 aliphatic rings. The van der Waals surface area contributed by atoms with Crippen LogP contribution < -0.4 is 4.90 Å².